The average Bonchev–Trinajstić information content (AvgIpc) is 2.64. The summed E-state index contributed by atoms with van der Waals surface area (Å²) in [5.74, 6) is 1.26. The van der Waals surface area contributed by atoms with Crippen molar-refractivity contribution in [3.63, 3.8) is 0 Å². The molecule has 8 heteroatoms. The summed E-state index contributed by atoms with van der Waals surface area (Å²) < 4.78 is 25.7. The Balaban J connectivity index is 1.95. The van der Waals surface area contributed by atoms with Gasteiger partial charge in [-0.05, 0) is 37.1 Å². The minimum absolute atomic E-state index is 0.345. The van der Waals surface area contributed by atoms with Gasteiger partial charge in [-0.15, -0.1) is 0 Å². The van der Waals surface area contributed by atoms with Crippen LogP contribution in [0, 0.1) is 6.92 Å². The molecule has 0 aliphatic rings. The standard InChI is InChI=1S/C20H25ClN2O3S2/c1-15-9-10-18(13-19(15)21)23(28(3,25)26)16(2)20(24)22-11-12-27-14-17-7-5-4-6-8-17/h4-10,13,16H,11-12,14H2,1-3H3,(H,22,24)/t16-/m0/s1. The summed E-state index contributed by atoms with van der Waals surface area (Å²) in [5, 5.41) is 3.27. The summed E-state index contributed by atoms with van der Waals surface area (Å²) in [4.78, 5) is 12.5. The average molecular weight is 441 g/mol. The van der Waals surface area contributed by atoms with E-state index < -0.39 is 16.1 Å². The molecular formula is C20H25ClN2O3S2. The number of hydrogen-bond donors (Lipinski definition) is 1. The Bertz CT molecular complexity index is 905. The largest absolute Gasteiger partial charge is 0.353 e. The van der Waals surface area contributed by atoms with Crippen LogP contribution >= 0.6 is 23.4 Å². The third-order valence-corrected chi connectivity index (χ3v) is 6.83. The van der Waals surface area contributed by atoms with Gasteiger partial charge in [0.25, 0.3) is 0 Å². The van der Waals surface area contributed by atoms with Gasteiger partial charge in [0.15, 0.2) is 0 Å². The lowest BCUT2D eigenvalue weighted by atomic mass is 10.2. The van der Waals surface area contributed by atoms with E-state index in [0.29, 0.717) is 17.3 Å². The molecule has 2 rings (SSSR count). The van der Waals surface area contributed by atoms with E-state index in [1.165, 1.54) is 5.56 Å². The van der Waals surface area contributed by atoms with Crippen LogP contribution in [0.3, 0.4) is 0 Å². The van der Waals surface area contributed by atoms with E-state index in [9.17, 15) is 13.2 Å². The maximum absolute atomic E-state index is 12.5. The van der Waals surface area contributed by atoms with Gasteiger partial charge in [0.1, 0.15) is 6.04 Å². The molecule has 1 amide bonds. The van der Waals surface area contributed by atoms with E-state index >= 15 is 0 Å². The molecule has 0 saturated carbocycles. The monoisotopic (exact) mass is 440 g/mol. The maximum Gasteiger partial charge on any atom is 0.243 e. The topological polar surface area (TPSA) is 66.5 Å². The van der Waals surface area contributed by atoms with Crippen LogP contribution < -0.4 is 9.62 Å². The lowest BCUT2D eigenvalue weighted by molar-refractivity contribution is -0.121. The molecule has 0 fully saturated rings. The Morgan fingerprint density at radius 3 is 2.50 bits per heavy atom. The van der Waals surface area contributed by atoms with E-state index in [2.05, 4.69) is 17.4 Å². The van der Waals surface area contributed by atoms with Crippen molar-refractivity contribution in [1.82, 2.24) is 5.32 Å². The number of carbonyl (C=O) groups is 1. The highest BCUT2D eigenvalue weighted by Crippen LogP contribution is 2.26. The molecule has 0 aliphatic carbocycles. The number of benzene rings is 2. The van der Waals surface area contributed by atoms with Gasteiger partial charge in [0, 0.05) is 23.1 Å². The normalized spacial score (nSPS) is 12.4. The van der Waals surface area contributed by atoms with Crippen LogP contribution in [0.5, 0.6) is 0 Å². The molecule has 152 valence electrons. The van der Waals surface area contributed by atoms with Crippen molar-refractivity contribution in [2.75, 3.05) is 22.9 Å². The van der Waals surface area contributed by atoms with Crippen molar-refractivity contribution >= 4 is 45.0 Å². The molecule has 0 saturated heterocycles. The predicted octanol–water partition coefficient (Wildman–Crippen LogP) is 3.85. The van der Waals surface area contributed by atoms with Crippen molar-refractivity contribution in [2.45, 2.75) is 25.6 Å². The second-order valence-corrected chi connectivity index (χ2v) is 9.87. The van der Waals surface area contributed by atoms with Crippen molar-refractivity contribution in [3.8, 4) is 0 Å². The van der Waals surface area contributed by atoms with Crippen LogP contribution in [-0.2, 0) is 20.6 Å². The molecule has 0 radical (unpaired) electrons. The van der Waals surface area contributed by atoms with Crippen LogP contribution in [0.15, 0.2) is 48.5 Å². The zero-order valence-electron chi connectivity index (χ0n) is 16.2. The minimum Gasteiger partial charge on any atom is -0.353 e. The van der Waals surface area contributed by atoms with Gasteiger partial charge in [0.2, 0.25) is 15.9 Å². The molecule has 0 unspecified atom stereocenters. The first-order chi connectivity index (χ1) is 13.2. The van der Waals surface area contributed by atoms with Gasteiger partial charge >= 0.3 is 0 Å². The SMILES string of the molecule is Cc1ccc(N([C@@H](C)C(=O)NCCSCc2ccccc2)S(C)(=O)=O)cc1Cl. The Morgan fingerprint density at radius 1 is 1.21 bits per heavy atom. The number of hydrogen-bond acceptors (Lipinski definition) is 4. The highest BCUT2D eigenvalue weighted by Gasteiger charge is 2.29. The molecule has 1 N–H and O–H groups in total. The Kier molecular flexibility index (Phi) is 8.22. The van der Waals surface area contributed by atoms with E-state index in [0.717, 1.165) is 27.6 Å². The molecule has 5 nitrogen and oxygen atoms in total. The fourth-order valence-electron chi connectivity index (χ4n) is 2.69. The van der Waals surface area contributed by atoms with Gasteiger partial charge in [-0.2, -0.15) is 11.8 Å². The summed E-state index contributed by atoms with van der Waals surface area (Å²) in [6.07, 6.45) is 1.08. The van der Waals surface area contributed by atoms with Crippen molar-refractivity contribution in [2.24, 2.45) is 0 Å². The number of sulfonamides is 1. The number of thioether (sulfide) groups is 1. The Morgan fingerprint density at radius 2 is 1.89 bits per heavy atom. The zero-order chi connectivity index (χ0) is 20.7. The second-order valence-electron chi connectivity index (χ2n) is 6.50. The first-order valence-electron chi connectivity index (χ1n) is 8.85. The maximum atomic E-state index is 12.5. The van der Waals surface area contributed by atoms with E-state index in [4.69, 9.17) is 11.6 Å². The van der Waals surface area contributed by atoms with Gasteiger partial charge < -0.3 is 5.32 Å². The number of carbonyl (C=O) groups excluding carboxylic acids is 1. The quantitative estimate of drug-likeness (QED) is 0.601. The molecular weight excluding hydrogens is 416 g/mol. The van der Waals surface area contributed by atoms with Gasteiger partial charge in [0.05, 0.1) is 11.9 Å². The number of halogens is 1. The van der Waals surface area contributed by atoms with Crippen LogP contribution in [0.2, 0.25) is 5.02 Å². The first-order valence-corrected chi connectivity index (χ1v) is 12.2. The third kappa shape index (κ3) is 6.43. The van der Waals surface area contributed by atoms with Gasteiger partial charge in [-0.3, -0.25) is 9.10 Å². The van der Waals surface area contributed by atoms with Crippen LogP contribution in [-0.4, -0.2) is 38.9 Å². The molecule has 0 spiro atoms. The lowest BCUT2D eigenvalue weighted by Crippen LogP contribution is -2.48. The molecule has 2 aromatic rings. The predicted molar refractivity (Wildman–Crippen MR) is 119 cm³/mol. The van der Waals surface area contributed by atoms with Crippen molar-refractivity contribution in [3.05, 3.63) is 64.7 Å². The lowest BCUT2D eigenvalue weighted by Gasteiger charge is -2.28. The number of rotatable bonds is 9. The number of amides is 1. The summed E-state index contributed by atoms with van der Waals surface area (Å²) in [7, 11) is -3.65. The summed E-state index contributed by atoms with van der Waals surface area (Å²) >= 11 is 7.85. The van der Waals surface area contributed by atoms with Crippen molar-refractivity contribution in [1.29, 1.82) is 0 Å². The number of aryl methyl sites for hydroxylation is 1. The molecule has 0 heterocycles. The highest BCUT2D eigenvalue weighted by molar-refractivity contribution is 7.98. The number of nitrogens with one attached hydrogen (secondary N) is 1. The van der Waals surface area contributed by atoms with Crippen LogP contribution in [0.4, 0.5) is 5.69 Å². The van der Waals surface area contributed by atoms with Crippen LogP contribution in [0.1, 0.15) is 18.1 Å². The van der Waals surface area contributed by atoms with Crippen molar-refractivity contribution < 1.29 is 13.2 Å². The summed E-state index contributed by atoms with van der Waals surface area (Å²) in [6.45, 7) is 3.87. The second kappa shape index (κ2) is 10.2. The molecule has 0 aromatic heterocycles. The Labute approximate surface area is 176 Å². The minimum atomic E-state index is -3.65. The third-order valence-electron chi connectivity index (χ3n) is 4.16. The Hall–Kier alpha value is -1.70. The zero-order valence-corrected chi connectivity index (χ0v) is 18.6. The van der Waals surface area contributed by atoms with Gasteiger partial charge in [-0.25, -0.2) is 8.42 Å². The van der Waals surface area contributed by atoms with E-state index in [-0.39, 0.29) is 5.91 Å². The highest BCUT2D eigenvalue weighted by atomic mass is 35.5. The van der Waals surface area contributed by atoms with Gasteiger partial charge in [-0.1, -0.05) is 48.0 Å². The smallest absolute Gasteiger partial charge is 0.243 e. The molecule has 1 atom stereocenters. The van der Waals surface area contributed by atoms with E-state index in [1.807, 2.05) is 25.1 Å². The molecule has 0 bridgehead atoms. The van der Waals surface area contributed by atoms with E-state index in [1.54, 1.807) is 36.9 Å². The molecule has 0 aliphatic heterocycles. The first kappa shape index (κ1) is 22.6. The van der Waals surface area contributed by atoms with Crippen LogP contribution in [0.25, 0.3) is 0 Å². The fourth-order valence-corrected chi connectivity index (χ4v) is 4.85. The summed E-state index contributed by atoms with van der Waals surface area (Å²) in [5.41, 5.74) is 2.44. The number of nitrogens with zero attached hydrogens (tertiary/aromatic N) is 1. The fraction of sp³-hybridized carbons (Fsp3) is 0.350. The summed E-state index contributed by atoms with van der Waals surface area (Å²) in [6, 6.07) is 14.2. The number of anilines is 1. The molecule has 2 aromatic carbocycles. The molecule has 28 heavy (non-hydrogen) atoms.